The second-order valence-corrected chi connectivity index (χ2v) is 9.65. The number of benzene rings is 3. The summed E-state index contributed by atoms with van der Waals surface area (Å²) in [6.07, 6.45) is -4.62. The average molecular weight is 590 g/mol. The molecule has 0 aliphatic heterocycles. The molecule has 0 radical (unpaired) electrons. The van der Waals surface area contributed by atoms with E-state index in [0.717, 1.165) is 22.5 Å². The van der Waals surface area contributed by atoms with Gasteiger partial charge in [-0.05, 0) is 16.7 Å². The van der Waals surface area contributed by atoms with Crippen LogP contribution >= 0.6 is 0 Å². The predicted octanol–water partition coefficient (Wildman–Crippen LogP) is 6.57. The van der Waals surface area contributed by atoms with Crippen LogP contribution in [0.4, 0.5) is 18.0 Å². The summed E-state index contributed by atoms with van der Waals surface area (Å²) in [6.45, 7) is -0.565. The third-order valence-electron chi connectivity index (χ3n) is 6.82. The SMILES string of the molecule is O=C(O)NC(Cn1c(C(F)(F)F)cnc1-c1occc(=O)c1OCc1ccccc1)C(c1ccccc1)c1ccccc1. The number of amides is 1. The number of halogens is 3. The van der Waals surface area contributed by atoms with Gasteiger partial charge in [-0.3, -0.25) is 4.79 Å². The number of hydrogen-bond donors (Lipinski definition) is 2. The van der Waals surface area contributed by atoms with E-state index in [-0.39, 0.29) is 23.9 Å². The van der Waals surface area contributed by atoms with Crippen LogP contribution in [0.2, 0.25) is 0 Å². The second-order valence-electron chi connectivity index (χ2n) is 9.65. The van der Waals surface area contributed by atoms with Crippen LogP contribution in [0.25, 0.3) is 11.6 Å². The largest absolute Gasteiger partial charge is 0.481 e. The van der Waals surface area contributed by atoms with E-state index in [1.807, 2.05) is 0 Å². The lowest BCUT2D eigenvalue weighted by Gasteiger charge is -2.30. The molecule has 2 N–H and O–H groups in total. The molecule has 0 aliphatic rings. The van der Waals surface area contributed by atoms with Gasteiger partial charge in [0, 0.05) is 18.5 Å². The Morgan fingerprint density at radius 2 is 1.51 bits per heavy atom. The molecule has 5 rings (SSSR count). The zero-order valence-corrected chi connectivity index (χ0v) is 22.6. The number of aromatic nitrogens is 2. The van der Waals surface area contributed by atoms with Crippen LogP contribution < -0.4 is 15.5 Å². The van der Waals surface area contributed by atoms with Gasteiger partial charge in [0.25, 0.3) is 0 Å². The molecule has 1 amide bonds. The van der Waals surface area contributed by atoms with Crippen molar-refractivity contribution in [3.05, 3.63) is 142 Å². The molecule has 2 aromatic heterocycles. The number of nitrogens with one attached hydrogen (secondary N) is 1. The summed E-state index contributed by atoms with van der Waals surface area (Å²) in [6, 6.07) is 26.6. The monoisotopic (exact) mass is 589 g/mol. The molecule has 3 aromatic carbocycles. The van der Waals surface area contributed by atoms with Crippen LogP contribution in [0, 0.1) is 0 Å². The van der Waals surface area contributed by atoms with Crippen molar-refractivity contribution < 1.29 is 32.2 Å². The van der Waals surface area contributed by atoms with Gasteiger partial charge in [-0.2, -0.15) is 13.2 Å². The molecular formula is C32H26F3N3O5. The van der Waals surface area contributed by atoms with Crippen LogP contribution in [-0.4, -0.2) is 26.8 Å². The maximum atomic E-state index is 14.4. The first-order valence-electron chi connectivity index (χ1n) is 13.2. The number of carboxylic acid groups (broad SMARTS) is 1. The van der Waals surface area contributed by atoms with E-state index in [0.29, 0.717) is 17.3 Å². The first kappa shape index (κ1) is 29.2. The van der Waals surface area contributed by atoms with Crippen LogP contribution in [-0.2, 0) is 19.3 Å². The highest BCUT2D eigenvalue weighted by Crippen LogP contribution is 2.37. The number of carbonyl (C=O) groups is 1. The number of ether oxygens (including phenoxy) is 1. The van der Waals surface area contributed by atoms with E-state index < -0.39 is 41.9 Å². The molecule has 0 fully saturated rings. The minimum Gasteiger partial charge on any atom is -0.481 e. The number of nitrogens with zero attached hydrogens (tertiary/aromatic N) is 2. The van der Waals surface area contributed by atoms with Gasteiger partial charge >= 0.3 is 12.3 Å². The summed E-state index contributed by atoms with van der Waals surface area (Å²) in [7, 11) is 0. The fourth-order valence-corrected chi connectivity index (χ4v) is 4.96. The van der Waals surface area contributed by atoms with Crippen LogP contribution in [0.3, 0.4) is 0 Å². The van der Waals surface area contributed by atoms with Gasteiger partial charge in [0.2, 0.25) is 16.9 Å². The second kappa shape index (κ2) is 12.7. The van der Waals surface area contributed by atoms with Gasteiger partial charge in [-0.15, -0.1) is 0 Å². The summed E-state index contributed by atoms with van der Waals surface area (Å²) in [5, 5.41) is 12.2. The quantitative estimate of drug-likeness (QED) is 0.191. The maximum absolute atomic E-state index is 14.4. The van der Waals surface area contributed by atoms with Gasteiger partial charge in [-0.1, -0.05) is 91.0 Å². The van der Waals surface area contributed by atoms with E-state index >= 15 is 0 Å². The molecule has 0 saturated heterocycles. The molecule has 0 aliphatic carbocycles. The topological polar surface area (TPSA) is 107 Å². The van der Waals surface area contributed by atoms with Gasteiger partial charge < -0.3 is 24.1 Å². The van der Waals surface area contributed by atoms with Gasteiger partial charge in [0.05, 0.1) is 18.5 Å². The molecule has 220 valence electrons. The lowest BCUT2D eigenvalue weighted by Crippen LogP contribution is -2.42. The molecule has 0 bridgehead atoms. The summed E-state index contributed by atoms with van der Waals surface area (Å²) >= 11 is 0. The first-order chi connectivity index (χ1) is 20.7. The standard InChI is InChI=1S/C32H26F3N3O5/c33-32(34,35)26-18-36-30(29-28(25(39)16-17-42-29)43-20-21-10-4-1-5-11-21)38(26)19-24(37-31(40)41)27(22-12-6-2-7-13-22)23-14-8-3-9-15-23/h1-18,24,27,37H,19-20H2,(H,40,41). The molecule has 1 atom stereocenters. The molecule has 1 unspecified atom stereocenters. The van der Waals surface area contributed by atoms with Crippen molar-refractivity contribution in [2.45, 2.75) is 31.3 Å². The Kier molecular flexibility index (Phi) is 8.61. The molecule has 2 heterocycles. The van der Waals surface area contributed by atoms with Crippen LogP contribution in [0.1, 0.15) is 28.3 Å². The Hall–Kier alpha value is -5.32. The first-order valence-corrected chi connectivity index (χ1v) is 13.2. The van der Waals surface area contributed by atoms with E-state index in [9.17, 15) is 27.9 Å². The molecule has 11 heteroatoms. The highest BCUT2D eigenvalue weighted by molar-refractivity contribution is 5.65. The average Bonchev–Trinajstić information content (AvgIpc) is 3.42. The Labute approximate surface area is 244 Å². The minimum atomic E-state index is -4.87. The minimum absolute atomic E-state index is 0.0528. The van der Waals surface area contributed by atoms with Gasteiger partial charge in [0.1, 0.15) is 12.3 Å². The zero-order valence-electron chi connectivity index (χ0n) is 22.6. The van der Waals surface area contributed by atoms with Crippen molar-refractivity contribution in [2.75, 3.05) is 0 Å². The summed E-state index contributed by atoms with van der Waals surface area (Å²) < 4.78 is 55.2. The lowest BCUT2D eigenvalue weighted by molar-refractivity contribution is -0.143. The number of alkyl halides is 3. The highest BCUT2D eigenvalue weighted by atomic mass is 19.4. The van der Waals surface area contributed by atoms with Crippen LogP contribution in [0.5, 0.6) is 5.75 Å². The fraction of sp³-hybridized carbons (Fsp3) is 0.156. The van der Waals surface area contributed by atoms with E-state index in [1.54, 1.807) is 91.0 Å². The summed E-state index contributed by atoms with van der Waals surface area (Å²) in [5.74, 6) is -1.67. The predicted molar refractivity (Wildman–Crippen MR) is 152 cm³/mol. The number of rotatable bonds is 10. The molecule has 0 saturated carbocycles. The van der Waals surface area contributed by atoms with E-state index in [2.05, 4.69) is 10.3 Å². The third-order valence-corrected chi connectivity index (χ3v) is 6.82. The Morgan fingerprint density at radius 3 is 2.07 bits per heavy atom. The van der Waals surface area contributed by atoms with Gasteiger partial charge in [-0.25, -0.2) is 9.78 Å². The molecule has 0 spiro atoms. The maximum Gasteiger partial charge on any atom is 0.433 e. The number of hydrogen-bond acceptors (Lipinski definition) is 5. The highest BCUT2D eigenvalue weighted by Gasteiger charge is 2.39. The Balaban J connectivity index is 1.63. The third kappa shape index (κ3) is 6.78. The molecular weight excluding hydrogens is 563 g/mol. The lowest BCUT2D eigenvalue weighted by atomic mass is 9.85. The van der Waals surface area contributed by atoms with Crippen molar-refractivity contribution in [3.63, 3.8) is 0 Å². The fourth-order valence-electron chi connectivity index (χ4n) is 4.96. The number of imidazole rings is 1. The van der Waals surface area contributed by atoms with E-state index in [4.69, 9.17) is 9.15 Å². The zero-order chi connectivity index (χ0) is 30.4. The van der Waals surface area contributed by atoms with Crippen LogP contribution in [0.15, 0.2) is 119 Å². The molecule has 5 aromatic rings. The smallest absolute Gasteiger partial charge is 0.433 e. The molecule has 8 nitrogen and oxygen atoms in total. The van der Waals surface area contributed by atoms with Crippen molar-refractivity contribution in [2.24, 2.45) is 0 Å². The Bertz CT molecular complexity index is 1680. The van der Waals surface area contributed by atoms with Crippen molar-refractivity contribution in [3.8, 4) is 17.3 Å². The van der Waals surface area contributed by atoms with Crippen molar-refractivity contribution >= 4 is 6.09 Å². The summed E-state index contributed by atoms with van der Waals surface area (Å²) in [4.78, 5) is 28.9. The van der Waals surface area contributed by atoms with Gasteiger partial charge in [0.15, 0.2) is 5.82 Å². The molecule has 43 heavy (non-hydrogen) atoms. The van der Waals surface area contributed by atoms with Crippen molar-refractivity contribution in [1.29, 1.82) is 0 Å². The Morgan fingerprint density at radius 1 is 0.930 bits per heavy atom. The summed E-state index contributed by atoms with van der Waals surface area (Å²) in [5.41, 5.74) is 0.309. The van der Waals surface area contributed by atoms with Crippen molar-refractivity contribution in [1.82, 2.24) is 14.9 Å². The van der Waals surface area contributed by atoms with E-state index in [1.165, 1.54) is 0 Å². The normalized spacial score (nSPS) is 12.2.